The van der Waals surface area contributed by atoms with Gasteiger partial charge in [0.1, 0.15) is 11.7 Å². The Kier molecular flexibility index (Phi) is 5.12. The SMILES string of the molecule is CC(C)(C)OC(=O)c1cccc(C(O)c2c(C3CC3)ccnc2CO)c1. The standard InChI is InChI=1S/C21H25NO4/c1-21(2,3)26-20(25)15-6-4-5-14(11-15)19(24)18-16(13-7-8-13)9-10-22-17(18)12-23/h4-6,9-11,13,19,23-24H,7-8,12H2,1-3H3. The smallest absolute Gasteiger partial charge is 0.338 e. The first-order valence-corrected chi connectivity index (χ1v) is 8.90. The summed E-state index contributed by atoms with van der Waals surface area (Å²) in [5, 5.41) is 20.7. The predicted octanol–water partition coefficient (Wildman–Crippen LogP) is 3.49. The number of pyridine rings is 1. The van der Waals surface area contributed by atoms with Crippen molar-refractivity contribution >= 4 is 5.97 Å². The highest BCUT2D eigenvalue weighted by Gasteiger charge is 2.30. The minimum absolute atomic E-state index is 0.237. The molecule has 2 aromatic rings. The van der Waals surface area contributed by atoms with E-state index in [0.29, 0.717) is 28.3 Å². The molecule has 1 aliphatic rings. The Balaban J connectivity index is 1.95. The quantitative estimate of drug-likeness (QED) is 0.803. The molecule has 1 atom stereocenters. The molecule has 1 aromatic carbocycles. The van der Waals surface area contributed by atoms with Gasteiger partial charge < -0.3 is 14.9 Å². The van der Waals surface area contributed by atoms with Gasteiger partial charge in [-0.05, 0) is 68.9 Å². The van der Waals surface area contributed by atoms with Crippen LogP contribution in [0.1, 0.15) is 78.4 Å². The maximum Gasteiger partial charge on any atom is 0.338 e. The van der Waals surface area contributed by atoms with Gasteiger partial charge in [-0.3, -0.25) is 4.98 Å². The molecule has 1 aliphatic carbocycles. The van der Waals surface area contributed by atoms with Crippen LogP contribution in [0, 0.1) is 0 Å². The van der Waals surface area contributed by atoms with Crippen LogP contribution < -0.4 is 0 Å². The number of carbonyl (C=O) groups is 1. The molecule has 0 aliphatic heterocycles. The molecule has 0 spiro atoms. The third-order valence-corrected chi connectivity index (χ3v) is 4.38. The molecule has 1 heterocycles. The van der Waals surface area contributed by atoms with Crippen molar-refractivity contribution in [3.63, 3.8) is 0 Å². The van der Waals surface area contributed by atoms with Crippen LogP contribution in [0.3, 0.4) is 0 Å². The fourth-order valence-corrected chi connectivity index (χ4v) is 3.06. The van der Waals surface area contributed by atoms with E-state index in [2.05, 4.69) is 4.98 Å². The summed E-state index contributed by atoms with van der Waals surface area (Å²) in [7, 11) is 0. The Morgan fingerprint density at radius 3 is 2.65 bits per heavy atom. The lowest BCUT2D eigenvalue weighted by atomic mass is 9.92. The zero-order chi connectivity index (χ0) is 18.9. The Hall–Kier alpha value is -2.24. The van der Waals surface area contributed by atoms with Crippen LogP contribution in [-0.2, 0) is 11.3 Å². The Morgan fingerprint density at radius 1 is 1.31 bits per heavy atom. The first-order valence-electron chi connectivity index (χ1n) is 8.90. The molecular weight excluding hydrogens is 330 g/mol. The van der Waals surface area contributed by atoms with Crippen LogP contribution >= 0.6 is 0 Å². The summed E-state index contributed by atoms with van der Waals surface area (Å²) in [5.41, 5.74) is 2.54. The molecule has 138 valence electrons. The van der Waals surface area contributed by atoms with Crippen molar-refractivity contribution in [2.45, 2.75) is 57.8 Å². The molecule has 2 N–H and O–H groups in total. The van der Waals surface area contributed by atoms with Gasteiger partial charge in [-0.15, -0.1) is 0 Å². The Morgan fingerprint density at radius 2 is 2.04 bits per heavy atom. The summed E-state index contributed by atoms with van der Waals surface area (Å²) in [6.07, 6.45) is 2.87. The number of rotatable bonds is 5. The summed E-state index contributed by atoms with van der Waals surface area (Å²) >= 11 is 0. The first kappa shape index (κ1) is 18.5. The van der Waals surface area contributed by atoms with Gasteiger partial charge in [-0.25, -0.2) is 4.79 Å². The van der Waals surface area contributed by atoms with Gasteiger partial charge in [0.2, 0.25) is 0 Å². The van der Waals surface area contributed by atoms with Gasteiger partial charge in [0.15, 0.2) is 0 Å². The lowest BCUT2D eigenvalue weighted by molar-refractivity contribution is 0.00693. The van der Waals surface area contributed by atoms with E-state index >= 15 is 0 Å². The van der Waals surface area contributed by atoms with Crippen LogP contribution in [0.25, 0.3) is 0 Å². The van der Waals surface area contributed by atoms with Gasteiger partial charge in [-0.2, -0.15) is 0 Å². The van der Waals surface area contributed by atoms with E-state index in [-0.39, 0.29) is 6.61 Å². The highest BCUT2D eigenvalue weighted by Crippen LogP contribution is 2.44. The minimum atomic E-state index is -0.955. The van der Waals surface area contributed by atoms with Gasteiger partial charge in [0.25, 0.3) is 0 Å². The molecule has 26 heavy (non-hydrogen) atoms. The third-order valence-electron chi connectivity index (χ3n) is 4.38. The maximum atomic E-state index is 12.3. The van der Waals surface area contributed by atoms with Gasteiger partial charge in [0.05, 0.1) is 17.9 Å². The highest BCUT2D eigenvalue weighted by molar-refractivity contribution is 5.89. The molecule has 1 fully saturated rings. The number of esters is 1. The zero-order valence-corrected chi connectivity index (χ0v) is 15.4. The van der Waals surface area contributed by atoms with Crippen LogP contribution in [-0.4, -0.2) is 26.8 Å². The summed E-state index contributed by atoms with van der Waals surface area (Å²) in [6, 6.07) is 8.71. The number of hydrogen-bond acceptors (Lipinski definition) is 5. The summed E-state index contributed by atoms with van der Waals surface area (Å²) in [5.74, 6) is -0.0236. The van der Waals surface area contributed by atoms with Crippen molar-refractivity contribution in [1.82, 2.24) is 4.98 Å². The molecule has 3 rings (SSSR count). The van der Waals surface area contributed by atoms with Crippen LogP contribution in [0.5, 0.6) is 0 Å². The maximum absolute atomic E-state index is 12.3. The third kappa shape index (κ3) is 4.11. The molecule has 5 heteroatoms. The van der Waals surface area contributed by atoms with Crippen LogP contribution in [0.2, 0.25) is 0 Å². The number of aliphatic hydroxyl groups excluding tert-OH is 2. The van der Waals surface area contributed by atoms with E-state index in [1.54, 1.807) is 30.5 Å². The van der Waals surface area contributed by atoms with Crippen molar-refractivity contribution in [3.8, 4) is 0 Å². The Labute approximate surface area is 153 Å². The second-order valence-electron chi connectivity index (χ2n) is 7.72. The van der Waals surface area contributed by atoms with E-state index in [0.717, 1.165) is 18.4 Å². The van der Waals surface area contributed by atoms with E-state index in [4.69, 9.17) is 4.74 Å². The van der Waals surface area contributed by atoms with E-state index in [1.807, 2.05) is 26.8 Å². The van der Waals surface area contributed by atoms with Gasteiger partial charge >= 0.3 is 5.97 Å². The number of benzene rings is 1. The average Bonchev–Trinajstić information content (AvgIpc) is 3.44. The number of carbonyl (C=O) groups excluding carboxylic acids is 1. The predicted molar refractivity (Wildman–Crippen MR) is 97.8 cm³/mol. The zero-order valence-electron chi connectivity index (χ0n) is 15.4. The number of aromatic nitrogens is 1. The van der Waals surface area contributed by atoms with Crippen molar-refractivity contribution in [1.29, 1.82) is 0 Å². The summed E-state index contributed by atoms with van der Waals surface area (Å²) in [6.45, 7) is 5.21. The topological polar surface area (TPSA) is 79.7 Å². The number of ether oxygens (including phenoxy) is 1. The van der Waals surface area contributed by atoms with Crippen molar-refractivity contribution in [2.24, 2.45) is 0 Å². The number of aliphatic hydroxyl groups is 2. The normalized spacial score (nSPS) is 15.6. The average molecular weight is 355 g/mol. The van der Waals surface area contributed by atoms with Crippen LogP contribution in [0.15, 0.2) is 36.5 Å². The molecule has 1 unspecified atom stereocenters. The van der Waals surface area contributed by atoms with Crippen molar-refractivity contribution < 1.29 is 19.7 Å². The highest BCUT2D eigenvalue weighted by atomic mass is 16.6. The molecular formula is C21H25NO4. The molecule has 0 bridgehead atoms. The molecule has 0 amide bonds. The van der Waals surface area contributed by atoms with Crippen LogP contribution in [0.4, 0.5) is 0 Å². The lowest BCUT2D eigenvalue weighted by Crippen LogP contribution is -2.24. The summed E-state index contributed by atoms with van der Waals surface area (Å²) in [4.78, 5) is 16.5. The van der Waals surface area contributed by atoms with Crippen molar-refractivity contribution in [3.05, 3.63) is 64.5 Å². The Bertz CT molecular complexity index is 806. The van der Waals surface area contributed by atoms with Crippen molar-refractivity contribution in [2.75, 3.05) is 0 Å². The molecule has 1 aromatic heterocycles. The second-order valence-corrected chi connectivity index (χ2v) is 7.72. The first-order chi connectivity index (χ1) is 12.3. The summed E-state index contributed by atoms with van der Waals surface area (Å²) < 4.78 is 5.41. The molecule has 5 nitrogen and oxygen atoms in total. The minimum Gasteiger partial charge on any atom is -0.456 e. The van der Waals surface area contributed by atoms with E-state index in [1.165, 1.54) is 0 Å². The molecule has 1 saturated carbocycles. The fraction of sp³-hybridized carbons (Fsp3) is 0.429. The largest absolute Gasteiger partial charge is 0.456 e. The molecule has 0 radical (unpaired) electrons. The number of nitrogens with zero attached hydrogens (tertiary/aromatic N) is 1. The van der Waals surface area contributed by atoms with E-state index < -0.39 is 17.7 Å². The van der Waals surface area contributed by atoms with Gasteiger partial charge in [0, 0.05) is 11.8 Å². The number of hydrogen-bond donors (Lipinski definition) is 2. The monoisotopic (exact) mass is 355 g/mol. The van der Waals surface area contributed by atoms with Gasteiger partial charge in [-0.1, -0.05) is 12.1 Å². The molecule has 0 saturated heterocycles. The second kappa shape index (κ2) is 7.17. The van der Waals surface area contributed by atoms with E-state index in [9.17, 15) is 15.0 Å². The fourth-order valence-electron chi connectivity index (χ4n) is 3.06. The lowest BCUT2D eigenvalue weighted by Gasteiger charge is -2.21.